The number of aromatic nitrogens is 2. The predicted octanol–water partition coefficient (Wildman–Crippen LogP) is 2.90. The second-order valence-electron chi connectivity index (χ2n) is 4.68. The van der Waals surface area contributed by atoms with Crippen molar-refractivity contribution in [1.82, 2.24) is 9.97 Å². The van der Waals surface area contributed by atoms with E-state index in [1.165, 1.54) is 18.5 Å². The number of nitrogens with zero attached hydrogens (tertiary/aromatic N) is 2. The molecule has 1 amide bonds. The summed E-state index contributed by atoms with van der Waals surface area (Å²) in [5.74, 6) is -0.551. The highest BCUT2D eigenvalue weighted by Crippen LogP contribution is 2.23. The van der Waals surface area contributed by atoms with Crippen LogP contribution in [0, 0.1) is 6.92 Å². The van der Waals surface area contributed by atoms with Gasteiger partial charge >= 0.3 is 0 Å². The van der Waals surface area contributed by atoms with Gasteiger partial charge in [-0.1, -0.05) is 18.2 Å². The lowest BCUT2D eigenvalue weighted by molar-refractivity contribution is 0.102. The van der Waals surface area contributed by atoms with Crippen LogP contribution in [0.15, 0.2) is 48.8 Å². The Morgan fingerprint density at radius 2 is 2.05 bits per heavy atom. The summed E-state index contributed by atoms with van der Waals surface area (Å²) in [4.78, 5) is 20.4. The van der Waals surface area contributed by atoms with Gasteiger partial charge in [0.1, 0.15) is 5.75 Å². The summed E-state index contributed by atoms with van der Waals surface area (Å²) in [6.45, 7) is 1.90. The number of anilines is 1. The summed E-state index contributed by atoms with van der Waals surface area (Å²) in [5, 5.41) is 13.4. The number of amides is 1. The minimum atomic E-state index is -0.397. The number of carbonyl (C=O) groups is 1. The maximum atomic E-state index is 12.2. The number of aryl methyl sites for hydroxylation is 1. The molecule has 0 aliphatic heterocycles. The predicted molar refractivity (Wildman–Crippen MR) is 80.3 cm³/mol. The largest absolute Gasteiger partial charge is 0.505 e. The lowest BCUT2D eigenvalue weighted by Gasteiger charge is -2.09. The fourth-order valence-corrected chi connectivity index (χ4v) is 2.11. The molecule has 0 unspecified atom stereocenters. The molecular formula is C16H13N3O2. The zero-order chi connectivity index (χ0) is 14.8. The van der Waals surface area contributed by atoms with E-state index in [0.717, 1.165) is 16.6 Å². The van der Waals surface area contributed by atoms with Crippen molar-refractivity contribution < 1.29 is 9.90 Å². The Balaban J connectivity index is 2.00. The number of benzene rings is 1. The zero-order valence-corrected chi connectivity index (χ0v) is 11.4. The van der Waals surface area contributed by atoms with Crippen molar-refractivity contribution in [1.29, 1.82) is 0 Å². The van der Waals surface area contributed by atoms with Gasteiger partial charge in [-0.3, -0.25) is 14.8 Å². The minimum absolute atomic E-state index is 0.153. The average molecular weight is 279 g/mol. The standard InChI is InChI=1S/C16H13N3O2/c1-10-5-6-11-3-2-4-13(15(11)18-10)19-16(21)12-7-8-17-9-14(12)20/h2-9,20H,1H3,(H,19,21). The first-order valence-corrected chi connectivity index (χ1v) is 6.46. The molecule has 5 nitrogen and oxygen atoms in total. The van der Waals surface area contributed by atoms with Gasteiger partial charge in [-0.05, 0) is 25.1 Å². The van der Waals surface area contributed by atoms with Gasteiger partial charge in [0.2, 0.25) is 0 Å². The second-order valence-corrected chi connectivity index (χ2v) is 4.68. The Morgan fingerprint density at radius 1 is 1.19 bits per heavy atom. The van der Waals surface area contributed by atoms with Crippen LogP contribution in [0.25, 0.3) is 10.9 Å². The number of rotatable bonds is 2. The summed E-state index contributed by atoms with van der Waals surface area (Å²) >= 11 is 0. The van der Waals surface area contributed by atoms with Crippen LogP contribution in [0.5, 0.6) is 5.75 Å². The van der Waals surface area contributed by atoms with E-state index in [2.05, 4.69) is 15.3 Å². The first kappa shape index (κ1) is 13.1. The van der Waals surface area contributed by atoms with Crippen LogP contribution in [0.4, 0.5) is 5.69 Å². The van der Waals surface area contributed by atoms with Gasteiger partial charge in [0.05, 0.1) is 23.0 Å². The molecule has 0 aliphatic rings. The maximum absolute atomic E-state index is 12.2. The monoisotopic (exact) mass is 279 g/mol. The number of carbonyl (C=O) groups excluding carboxylic acids is 1. The van der Waals surface area contributed by atoms with Crippen molar-refractivity contribution in [2.75, 3.05) is 5.32 Å². The Bertz CT molecular complexity index is 831. The van der Waals surface area contributed by atoms with Crippen LogP contribution in [0.3, 0.4) is 0 Å². The number of hydrogen-bond acceptors (Lipinski definition) is 4. The van der Waals surface area contributed by atoms with Crippen molar-refractivity contribution in [2.24, 2.45) is 0 Å². The molecule has 0 atom stereocenters. The van der Waals surface area contributed by atoms with Gasteiger partial charge in [-0.2, -0.15) is 0 Å². The molecule has 2 aromatic heterocycles. The van der Waals surface area contributed by atoms with E-state index in [4.69, 9.17) is 0 Å². The van der Waals surface area contributed by atoms with E-state index < -0.39 is 5.91 Å². The normalized spacial score (nSPS) is 10.5. The molecule has 5 heteroatoms. The molecule has 104 valence electrons. The van der Waals surface area contributed by atoms with Crippen LogP contribution in [0.2, 0.25) is 0 Å². The zero-order valence-electron chi connectivity index (χ0n) is 11.4. The molecular weight excluding hydrogens is 266 g/mol. The van der Waals surface area contributed by atoms with Crippen LogP contribution < -0.4 is 5.32 Å². The summed E-state index contributed by atoms with van der Waals surface area (Å²) in [6.07, 6.45) is 2.69. The molecule has 0 saturated heterocycles. The number of para-hydroxylation sites is 1. The third-order valence-electron chi connectivity index (χ3n) is 3.15. The molecule has 21 heavy (non-hydrogen) atoms. The Kier molecular flexibility index (Phi) is 3.23. The first-order chi connectivity index (χ1) is 10.1. The van der Waals surface area contributed by atoms with Gasteiger partial charge in [0.25, 0.3) is 5.91 Å². The molecule has 0 spiro atoms. The average Bonchev–Trinajstić information content (AvgIpc) is 2.48. The van der Waals surface area contributed by atoms with Gasteiger partial charge in [-0.15, -0.1) is 0 Å². The number of fused-ring (bicyclic) bond motifs is 1. The van der Waals surface area contributed by atoms with Crippen molar-refractivity contribution >= 4 is 22.5 Å². The summed E-state index contributed by atoms with van der Waals surface area (Å²) < 4.78 is 0. The van der Waals surface area contributed by atoms with Gasteiger partial charge < -0.3 is 10.4 Å². The number of aromatic hydroxyl groups is 1. The van der Waals surface area contributed by atoms with E-state index in [1.54, 1.807) is 6.07 Å². The van der Waals surface area contributed by atoms with Crippen molar-refractivity contribution in [2.45, 2.75) is 6.92 Å². The Hall–Kier alpha value is -2.95. The summed E-state index contributed by atoms with van der Waals surface area (Å²) in [5.41, 5.74) is 2.38. The topological polar surface area (TPSA) is 75.1 Å². The second kappa shape index (κ2) is 5.20. The van der Waals surface area contributed by atoms with Crippen molar-refractivity contribution in [3.05, 3.63) is 60.0 Å². The summed E-state index contributed by atoms with van der Waals surface area (Å²) in [7, 11) is 0. The number of pyridine rings is 2. The van der Waals surface area contributed by atoms with Gasteiger partial charge in [-0.25, -0.2) is 0 Å². The molecule has 2 heterocycles. The van der Waals surface area contributed by atoms with Crippen LogP contribution in [0.1, 0.15) is 16.1 Å². The van der Waals surface area contributed by atoms with E-state index in [1.807, 2.05) is 31.2 Å². The Morgan fingerprint density at radius 3 is 2.86 bits per heavy atom. The summed E-state index contributed by atoms with van der Waals surface area (Å²) in [6, 6.07) is 10.9. The molecule has 2 N–H and O–H groups in total. The Labute approximate surface area is 121 Å². The van der Waals surface area contributed by atoms with Gasteiger partial charge in [0.15, 0.2) is 0 Å². The minimum Gasteiger partial charge on any atom is -0.505 e. The van der Waals surface area contributed by atoms with E-state index in [0.29, 0.717) is 5.69 Å². The molecule has 0 bridgehead atoms. The molecule has 0 radical (unpaired) electrons. The number of nitrogens with one attached hydrogen (secondary N) is 1. The molecule has 3 aromatic rings. The molecule has 0 saturated carbocycles. The smallest absolute Gasteiger partial charge is 0.259 e. The lowest BCUT2D eigenvalue weighted by atomic mass is 10.1. The highest BCUT2D eigenvalue weighted by atomic mass is 16.3. The van der Waals surface area contributed by atoms with Gasteiger partial charge in [0, 0.05) is 17.3 Å². The van der Waals surface area contributed by atoms with E-state index in [-0.39, 0.29) is 11.3 Å². The molecule has 1 aromatic carbocycles. The first-order valence-electron chi connectivity index (χ1n) is 6.46. The number of hydrogen-bond donors (Lipinski definition) is 2. The SMILES string of the molecule is Cc1ccc2cccc(NC(=O)c3ccncc3O)c2n1. The maximum Gasteiger partial charge on any atom is 0.259 e. The fourth-order valence-electron chi connectivity index (χ4n) is 2.11. The van der Waals surface area contributed by atoms with E-state index in [9.17, 15) is 9.90 Å². The van der Waals surface area contributed by atoms with Crippen molar-refractivity contribution in [3.63, 3.8) is 0 Å². The van der Waals surface area contributed by atoms with Crippen LogP contribution in [-0.4, -0.2) is 21.0 Å². The molecule has 0 fully saturated rings. The molecule has 3 rings (SSSR count). The van der Waals surface area contributed by atoms with Crippen molar-refractivity contribution in [3.8, 4) is 5.75 Å². The van der Waals surface area contributed by atoms with Crippen LogP contribution >= 0.6 is 0 Å². The molecule has 0 aliphatic carbocycles. The van der Waals surface area contributed by atoms with Crippen LogP contribution in [-0.2, 0) is 0 Å². The highest BCUT2D eigenvalue weighted by Gasteiger charge is 2.12. The third kappa shape index (κ3) is 2.53. The third-order valence-corrected chi connectivity index (χ3v) is 3.15. The van der Waals surface area contributed by atoms with E-state index >= 15 is 0 Å². The quantitative estimate of drug-likeness (QED) is 0.756. The lowest BCUT2D eigenvalue weighted by Crippen LogP contribution is -2.12. The highest BCUT2D eigenvalue weighted by molar-refractivity contribution is 6.09. The fraction of sp³-hybridized carbons (Fsp3) is 0.0625.